The minimum absolute atomic E-state index is 0.0163. The van der Waals surface area contributed by atoms with Crippen molar-refractivity contribution in [2.45, 2.75) is 20.5 Å². The van der Waals surface area contributed by atoms with Crippen LogP contribution in [0, 0.1) is 36.5 Å². The average Bonchev–Trinajstić information content (AvgIpc) is 3.28. The lowest BCUT2D eigenvalue weighted by atomic mass is 10.1. The summed E-state index contributed by atoms with van der Waals surface area (Å²) in [5.41, 5.74) is 4.02. The smallest absolute Gasteiger partial charge is 0.337 e. The molecule has 0 saturated heterocycles. The Morgan fingerprint density at radius 3 is 2.00 bits per heavy atom. The predicted molar refractivity (Wildman–Crippen MR) is 109 cm³/mol. The van der Waals surface area contributed by atoms with Crippen molar-refractivity contribution in [1.82, 2.24) is 0 Å². The maximum absolute atomic E-state index is 11.3. The molecule has 0 fully saturated rings. The second-order valence-electron chi connectivity index (χ2n) is 6.53. The topological polar surface area (TPSA) is 120 Å². The number of furan rings is 2. The van der Waals surface area contributed by atoms with Crippen LogP contribution in [0.3, 0.4) is 0 Å². The van der Waals surface area contributed by atoms with Crippen LogP contribution in [0.2, 0.25) is 0 Å². The highest BCUT2D eigenvalue weighted by Gasteiger charge is 2.13. The first-order valence-electron chi connectivity index (χ1n) is 8.98. The van der Waals surface area contributed by atoms with E-state index in [1.165, 1.54) is 7.11 Å². The molecule has 4 aromatic rings. The number of aliphatic hydroxyl groups is 1. The third kappa shape index (κ3) is 3.75. The molecule has 7 nitrogen and oxygen atoms in total. The Labute approximate surface area is 172 Å². The fourth-order valence-corrected chi connectivity index (χ4v) is 3.05. The highest BCUT2D eigenvalue weighted by Crippen LogP contribution is 2.26. The Bertz CT molecular complexity index is 1330. The van der Waals surface area contributed by atoms with Crippen molar-refractivity contribution in [2.75, 3.05) is 7.11 Å². The lowest BCUT2D eigenvalue weighted by Gasteiger charge is -1.97. The summed E-state index contributed by atoms with van der Waals surface area (Å²) < 4.78 is 15.2. The van der Waals surface area contributed by atoms with E-state index in [4.69, 9.17) is 24.5 Å². The van der Waals surface area contributed by atoms with Crippen LogP contribution in [0.25, 0.3) is 21.9 Å². The quantitative estimate of drug-likeness (QED) is 0.490. The molecule has 0 aliphatic heterocycles. The highest BCUT2D eigenvalue weighted by molar-refractivity contribution is 5.95. The van der Waals surface area contributed by atoms with E-state index in [0.717, 1.165) is 27.5 Å². The van der Waals surface area contributed by atoms with E-state index in [1.54, 1.807) is 24.3 Å². The van der Waals surface area contributed by atoms with E-state index in [-0.39, 0.29) is 12.4 Å². The van der Waals surface area contributed by atoms with E-state index in [0.29, 0.717) is 22.5 Å². The Morgan fingerprint density at radius 2 is 1.50 bits per heavy atom. The van der Waals surface area contributed by atoms with Gasteiger partial charge in [0.15, 0.2) is 0 Å². The Hall–Kier alpha value is -4.07. The van der Waals surface area contributed by atoms with E-state index < -0.39 is 5.97 Å². The maximum Gasteiger partial charge on any atom is 0.337 e. The van der Waals surface area contributed by atoms with Gasteiger partial charge in [-0.1, -0.05) is 12.1 Å². The number of nitriles is 2. The lowest BCUT2D eigenvalue weighted by molar-refractivity contribution is 0.0600. The van der Waals surface area contributed by atoms with Gasteiger partial charge in [-0.15, -0.1) is 0 Å². The largest absolute Gasteiger partial charge is 0.465 e. The number of rotatable bonds is 2. The summed E-state index contributed by atoms with van der Waals surface area (Å²) in [5, 5.41) is 28.3. The van der Waals surface area contributed by atoms with Crippen molar-refractivity contribution >= 4 is 27.9 Å². The van der Waals surface area contributed by atoms with Crippen LogP contribution < -0.4 is 0 Å². The van der Waals surface area contributed by atoms with Crippen molar-refractivity contribution < 1.29 is 23.5 Å². The average molecular weight is 402 g/mol. The number of carbonyl (C=O) groups excluding carboxylic acids is 1. The molecular weight excluding hydrogens is 384 g/mol. The molecule has 0 atom stereocenters. The van der Waals surface area contributed by atoms with Crippen molar-refractivity contribution in [2.24, 2.45) is 0 Å². The number of fused-ring (bicyclic) bond motifs is 2. The van der Waals surface area contributed by atoms with E-state index >= 15 is 0 Å². The number of nitrogens with zero attached hydrogens (tertiary/aromatic N) is 2. The molecule has 0 amide bonds. The third-order valence-electron chi connectivity index (χ3n) is 4.75. The fraction of sp³-hybridized carbons (Fsp3) is 0.174. The van der Waals surface area contributed by atoms with Gasteiger partial charge in [0.05, 0.1) is 19.3 Å². The first kappa shape index (κ1) is 20.7. The second-order valence-corrected chi connectivity index (χ2v) is 6.53. The maximum atomic E-state index is 11.3. The van der Waals surface area contributed by atoms with Crippen LogP contribution in [0.1, 0.15) is 38.6 Å². The molecule has 1 N–H and O–H groups in total. The lowest BCUT2D eigenvalue weighted by Crippen LogP contribution is -2.00. The summed E-state index contributed by atoms with van der Waals surface area (Å²) in [7, 11) is 1.32. The SMILES string of the molecule is COC(=O)c1ccc2c(C)c(C#N)oc2c1.Cc1c(C#N)oc2cc(CO)ccc12. The first-order chi connectivity index (χ1) is 14.4. The fourth-order valence-electron chi connectivity index (χ4n) is 3.05. The molecule has 0 bridgehead atoms. The summed E-state index contributed by atoms with van der Waals surface area (Å²) in [6.45, 7) is 3.64. The van der Waals surface area contributed by atoms with Crippen LogP contribution in [-0.2, 0) is 11.3 Å². The number of aryl methyl sites for hydroxylation is 2. The van der Waals surface area contributed by atoms with Gasteiger partial charge in [-0.2, -0.15) is 10.5 Å². The number of hydrogen-bond acceptors (Lipinski definition) is 7. The Morgan fingerprint density at radius 1 is 0.967 bits per heavy atom. The minimum atomic E-state index is -0.422. The second kappa shape index (κ2) is 8.52. The molecule has 0 saturated carbocycles. The monoisotopic (exact) mass is 402 g/mol. The summed E-state index contributed by atoms with van der Waals surface area (Å²) in [5.74, 6) is 0.196. The van der Waals surface area contributed by atoms with Gasteiger partial charge in [-0.3, -0.25) is 0 Å². The number of esters is 1. The van der Waals surface area contributed by atoms with Crippen molar-refractivity contribution in [3.63, 3.8) is 0 Å². The molecule has 4 rings (SSSR count). The minimum Gasteiger partial charge on any atom is -0.465 e. The summed E-state index contributed by atoms with van der Waals surface area (Å²) in [6, 6.07) is 14.4. The predicted octanol–water partition coefficient (Wildman–Crippen LogP) is 4.50. The molecule has 0 aliphatic rings. The summed E-state index contributed by atoms with van der Waals surface area (Å²) >= 11 is 0. The summed E-state index contributed by atoms with van der Waals surface area (Å²) in [6.07, 6.45) is 0. The highest BCUT2D eigenvalue weighted by atomic mass is 16.5. The van der Waals surface area contributed by atoms with Gasteiger partial charge < -0.3 is 18.7 Å². The van der Waals surface area contributed by atoms with Gasteiger partial charge in [0.1, 0.15) is 23.3 Å². The number of ether oxygens (including phenoxy) is 1. The Balaban J connectivity index is 0.000000172. The van der Waals surface area contributed by atoms with Gasteiger partial charge in [0.25, 0.3) is 0 Å². The zero-order chi connectivity index (χ0) is 21.8. The van der Waals surface area contributed by atoms with E-state index in [1.807, 2.05) is 38.1 Å². The zero-order valence-corrected chi connectivity index (χ0v) is 16.6. The van der Waals surface area contributed by atoms with Crippen LogP contribution >= 0.6 is 0 Å². The van der Waals surface area contributed by atoms with Gasteiger partial charge in [-0.05, 0) is 43.7 Å². The van der Waals surface area contributed by atoms with Gasteiger partial charge in [0.2, 0.25) is 11.5 Å². The van der Waals surface area contributed by atoms with Crippen LogP contribution in [0.5, 0.6) is 0 Å². The normalized spacial score (nSPS) is 10.2. The Kier molecular flexibility index (Phi) is 5.87. The molecule has 2 heterocycles. The number of aliphatic hydroxyl groups excluding tert-OH is 1. The molecule has 2 aromatic carbocycles. The molecule has 0 spiro atoms. The van der Waals surface area contributed by atoms with Crippen LogP contribution in [0.15, 0.2) is 45.2 Å². The molecule has 2 aromatic heterocycles. The third-order valence-corrected chi connectivity index (χ3v) is 4.75. The van der Waals surface area contributed by atoms with Crippen LogP contribution in [-0.4, -0.2) is 18.2 Å². The zero-order valence-electron chi connectivity index (χ0n) is 16.6. The molecule has 0 aliphatic carbocycles. The van der Waals surface area contributed by atoms with E-state index in [2.05, 4.69) is 4.74 Å². The number of carbonyl (C=O) groups is 1. The number of benzene rings is 2. The number of methoxy groups -OCH3 is 1. The van der Waals surface area contributed by atoms with Gasteiger partial charge in [0, 0.05) is 21.9 Å². The standard InChI is InChI=1S/C12H9NO3.C11H9NO2/c1-7-9-4-3-8(12(14)15-2)5-10(9)16-11(7)6-13;1-7-9-3-2-8(6-13)4-10(9)14-11(7)5-12/h3-5H,1-2H3;2-4,13H,6H2,1H3. The van der Waals surface area contributed by atoms with Crippen molar-refractivity contribution in [1.29, 1.82) is 10.5 Å². The van der Waals surface area contributed by atoms with Crippen molar-refractivity contribution in [3.05, 3.63) is 70.2 Å². The van der Waals surface area contributed by atoms with Gasteiger partial charge >= 0.3 is 5.97 Å². The molecule has 30 heavy (non-hydrogen) atoms. The van der Waals surface area contributed by atoms with Gasteiger partial charge in [-0.25, -0.2) is 4.79 Å². The number of hydrogen-bond donors (Lipinski definition) is 1. The molecule has 150 valence electrons. The molecule has 0 radical (unpaired) electrons. The summed E-state index contributed by atoms with van der Waals surface area (Å²) in [4.78, 5) is 11.3. The van der Waals surface area contributed by atoms with E-state index in [9.17, 15) is 4.79 Å². The molecular formula is C23H18N2O5. The van der Waals surface area contributed by atoms with Crippen molar-refractivity contribution in [3.8, 4) is 12.1 Å². The first-order valence-corrected chi connectivity index (χ1v) is 8.98. The van der Waals surface area contributed by atoms with Crippen LogP contribution in [0.4, 0.5) is 0 Å². The molecule has 7 heteroatoms. The molecule has 0 unspecified atom stereocenters.